The standard InChI is InChI=1S/C16H15ClN4O2/c1-11(19-20-14-10-6-5-9-13(14)17)15(21-23)16(22)18-12-7-3-2-4-8-12/h2-10,20,23H,1H3,(H,18,22)/b19-11+,21-15-. The highest BCUT2D eigenvalue weighted by Crippen LogP contribution is 2.20. The Morgan fingerprint density at radius 2 is 1.74 bits per heavy atom. The fourth-order valence-electron chi connectivity index (χ4n) is 1.74. The zero-order chi connectivity index (χ0) is 16.7. The van der Waals surface area contributed by atoms with Crippen LogP contribution in [0.2, 0.25) is 5.02 Å². The summed E-state index contributed by atoms with van der Waals surface area (Å²) in [6.45, 7) is 1.55. The summed E-state index contributed by atoms with van der Waals surface area (Å²) in [5, 5.41) is 19.2. The molecule has 2 rings (SSSR count). The third-order valence-corrected chi connectivity index (χ3v) is 3.24. The summed E-state index contributed by atoms with van der Waals surface area (Å²) in [5.74, 6) is -0.569. The number of hydrogen-bond acceptors (Lipinski definition) is 5. The van der Waals surface area contributed by atoms with E-state index in [0.717, 1.165) is 0 Å². The van der Waals surface area contributed by atoms with Crippen molar-refractivity contribution < 1.29 is 10.0 Å². The number of oxime groups is 1. The van der Waals surface area contributed by atoms with E-state index in [1.54, 1.807) is 55.5 Å². The summed E-state index contributed by atoms with van der Waals surface area (Å²) in [6, 6.07) is 15.9. The maximum atomic E-state index is 12.1. The van der Waals surface area contributed by atoms with Gasteiger partial charge in [0.1, 0.15) is 0 Å². The quantitative estimate of drug-likeness (QED) is 0.445. The lowest BCUT2D eigenvalue weighted by Gasteiger charge is -2.07. The predicted octanol–water partition coefficient (Wildman–Crippen LogP) is 3.60. The van der Waals surface area contributed by atoms with E-state index in [1.807, 2.05) is 6.07 Å². The van der Waals surface area contributed by atoms with E-state index in [0.29, 0.717) is 16.4 Å². The first-order chi connectivity index (χ1) is 11.1. The molecule has 1 amide bonds. The first-order valence-corrected chi connectivity index (χ1v) is 7.13. The number of halogens is 1. The van der Waals surface area contributed by atoms with Crippen LogP contribution in [0.4, 0.5) is 11.4 Å². The molecule has 6 nitrogen and oxygen atoms in total. The van der Waals surface area contributed by atoms with Gasteiger partial charge in [-0.2, -0.15) is 5.10 Å². The number of para-hydroxylation sites is 2. The lowest BCUT2D eigenvalue weighted by Crippen LogP contribution is -2.29. The minimum absolute atomic E-state index is 0.201. The Balaban J connectivity index is 2.09. The Kier molecular flexibility index (Phi) is 5.71. The van der Waals surface area contributed by atoms with Crippen molar-refractivity contribution in [1.29, 1.82) is 0 Å². The second-order valence-electron chi connectivity index (χ2n) is 4.56. The molecule has 2 aromatic carbocycles. The fourth-order valence-corrected chi connectivity index (χ4v) is 1.92. The molecule has 0 saturated heterocycles. The summed E-state index contributed by atoms with van der Waals surface area (Å²) < 4.78 is 0. The van der Waals surface area contributed by atoms with Crippen LogP contribution in [0.3, 0.4) is 0 Å². The van der Waals surface area contributed by atoms with Gasteiger partial charge in [-0.3, -0.25) is 10.2 Å². The molecule has 0 bridgehead atoms. The Morgan fingerprint density at radius 1 is 1.09 bits per heavy atom. The van der Waals surface area contributed by atoms with Gasteiger partial charge in [0.15, 0.2) is 5.71 Å². The number of amides is 1. The molecule has 7 heteroatoms. The van der Waals surface area contributed by atoms with Gasteiger partial charge in [-0.15, -0.1) is 0 Å². The number of carbonyl (C=O) groups is 1. The van der Waals surface area contributed by atoms with Crippen LogP contribution in [0, 0.1) is 0 Å². The zero-order valence-corrected chi connectivity index (χ0v) is 13.1. The topological polar surface area (TPSA) is 86.1 Å². The van der Waals surface area contributed by atoms with Crippen LogP contribution >= 0.6 is 11.6 Å². The number of nitrogens with one attached hydrogen (secondary N) is 2. The van der Waals surface area contributed by atoms with Gasteiger partial charge in [-0.25, -0.2) is 0 Å². The van der Waals surface area contributed by atoms with Crippen molar-refractivity contribution in [1.82, 2.24) is 0 Å². The molecule has 0 heterocycles. The highest BCUT2D eigenvalue weighted by atomic mass is 35.5. The van der Waals surface area contributed by atoms with E-state index in [9.17, 15) is 4.79 Å². The van der Waals surface area contributed by atoms with E-state index >= 15 is 0 Å². The van der Waals surface area contributed by atoms with Crippen LogP contribution in [-0.4, -0.2) is 22.5 Å². The molecule has 0 aromatic heterocycles. The molecule has 23 heavy (non-hydrogen) atoms. The highest BCUT2D eigenvalue weighted by Gasteiger charge is 2.16. The van der Waals surface area contributed by atoms with E-state index < -0.39 is 5.91 Å². The van der Waals surface area contributed by atoms with Crippen LogP contribution < -0.4 is 10.7 Å². The van der Waals surface area contributed by atoms with E-state index in [1.165, 1.54) is 0 Å². The van der Waals surface area contributed by atoms with Gasteiger partial charge in [0.05, 0.1) is 16.4 Å². The van der Waals surface area contributed by atoms with Crippen molar-refractivity contribution >= 4 is 40.3 Å². The molecule has 0 spiro atoms. The monoisotopic (exact) mass is 330 g/mol. The molecule has 2 aromatic rings. The van der Waals surface area contributed by atoms with Crippen LogP contribution in [0.1, 0.15) is 6.92 Å². The molecule has 0 saturated carbocycles. The van der Waals surface area contributed by atoms with Crippen LogP contribution in [0.25, 0.3) is 0 Å². The summed E-state index contributed by atoms with van der Waals surface area (Å²) in [4.78, 5) is 12.1. The first-order valence-electron chi connectivity index (χ1n) is 6.75. The van der Waals surface area contributed by atoms with E-state index in [2.05, 4.69) is 21.0 Å². The summed E-state index contributed by atoms with van der Waals surface area (Å²) >= 11 is 6.00. The molecular formula is C16H15ClN4O2. The molecular weight excluding hydrogens is 316 g/mol. The molecule has 0 fully saturated rings. The van der Waals surface area contributed by atoms with Gasteiger partial charge in [0.25, 0.3) is 5.91 Å². The SMILES string of the molecule is CC(=N\Nc1ccccc1Cl)/C(=N/O)C(=O)Nc1ccccc1. The van der Waals surface area contributed by atoms with Crippen molar-refractivity contribution in [3.8, 4) is 0 Å². The van der Waals surface area contributed by atoms with Crippen molar-refractivity contribution in [2.75, 3.05) is 10.7 Å². The third-order valence-electron chi connectivity index (χ3n) is 2.91. The Bertz CT molecular complexity index is 745. The van der Waals surface area contributed by atoms with E-state index in [-0.39, 0.29) is 11.4 Å². The number of hydrogen-bond donors (Lipinski definition) is 3. The predicted molar refractivity (Wildman–Crippen MR) is 92.5 cm³/mol. The lowest BCUT2D eigenvalue weighted by atomic mass is 10.2. The normalized spacial score (nSPS) is 11.9. The number of carbonyl (C=O) groups excluding carboxylic acids is 1. The third kappa shape index (κ3) is 4.55. The van der Waals surface area contributed by atoms with Gasteiger partial charge in [-0.1, -0.05) is 47.1 Å². The fraction of sp³-hybridized carbons (Fsp3) is 0.0625. The molecule has 0 aliphatic carbocycles. The number of nitrogens with zero attached hydrogens (tertiary/aromatic N) is 2. The minimum atomic E-state index is -0.569. The maximum absolute atomic E-state index is 12.1. The second kappa shape index (κ2) is 7.95. The number of anilines is 2. The maximum Gasteiger partial charge on any atom is 0.279 e. The van der Waals surface area contributed by atoms with E-state index in [4.69, 9.17) is 16.8 Å². The minimum Gasteiger partial charge on any atom is -0.410 e. The summed E-state index contributed by atoms with van der Waals surface area (Å²) in [7, 11) is 0. The average Bonchev–Trinajstić information content (AvgIpc) is 2.55. The summed E-state index contributed by atoms with van der Waals surface area (Å²) in [6.07, 6.45) is 0. The van der Waals surface area contributed by atoms with Crippen LogP contribution in [0.5, 0.6) is 0 Å². The Labute approximate surface area is 138 Å². The average molecular weight is 331 g/mol. The second-order valence-corrected chi connectivity index (χ2v) is 4.96. The highest BCUT2D eigenvalue weighted by molar-refractivity contribution is 6.68. The molecule has 3 N–H and O–H groups in total. The number of hydrazone groups is 1. The smallest absolute Gasteiger partial charge is 0.279 e. The van der Waals surface area contributed by atoms with Crippen LogP contribution in [-0.2, 0) is 4.79 Å². The Morgan fingerprint density at radius 3 is 2.39 bits per heavy atom. The van der Waals surface area contributed by atoms with Gasteiger partial charge in [-0.05, 0) is 31.2 Å². The summed E-state index contributed by atoms with van der Waals surface area (Å²) in [5.41, 5.74) is 3.91. The molecule has 0 aliphatic rings. The van der Waals surface area contributed by atoms with Gasteiger partial charge < -0.3 is 10.5 Å². The number of benzene rings is 2. The molecule has 0 radical (unpaired) electrons. The first kappa shape index (κ1) is 16.5. The Hall–Kier alpha value is -2.86. The largest absolute Gasteiger partial charge is 0.410 e. The molecule has 118 valence electrons. The lowest BCUT2D eigenvalue weighted by molar-refractivity contribution is -0.110. The van der Waals surface area contributed by atoms with Gasteiger partial charge in [0, 0.05) is 5.69 Å². The molecule has 0 unspecified atom stereocenters. The van der Waals surface area contributed by atoms with Crippen molar-refractivity contribution in [2.45, 2.75) is 6.92 Å². The van der Waals surface area contributed by atoms with Gasteiger partial charge >= 0.3 is 0 Å². The van der Waals surface area contributed by atoms with Gasteiger partial charge in [0.2, 0.25) is 0 Å². The van der Waals surface area contributed by atoms with Crippen molar-refractivity contribution in [3.63, 3.8) is 0 Å². The van der Waals surface area contributed by atoms with Crippen molar-refractivity contribution in [2.24, 2.45) is 10.3 Å². The van der Waals surface area contributed by atoms with Crippen LogP contribution in [0.15, 0.2) is 64.9 Å². The molecule has 0 atom stereocenters. The number of rotatable bonds is 5. The zero-order valence-electron chi connectivity index (χ0n) is 12.3. The van der Waals surface area contributed by atoms with Crippen molar-refractivity contribution in [3.05, 3.63) is 59.6 Å². The molecule has 0 aliphatic heterocycles.